The van der Waals surface area contributed by atoms with E-state index in [-0.39, 0.29) is 23.2 Å². The van der Waals surface area contributed by atoms with Crippen LogP contribution in [-0.4, -0.2) is 6.54 Å². The summed E-state index contributed by atoms with van der Waals surface area (Å²) in [5.41, 5.74) is 0.901. The van der Waals surface area contributed by atoms with Gasteiger partial charge in [0.25, 0.3) is 0 Å². The lowest BCUT2D eigenvalue weighted by molar-refractivity contribution is 0.628. The topological polar surface area (TPSA) is 12.0 Å². The van der Waals surface area contributed by atoms with Gasteiger partial charge in [0.05, 0.1) is 5.02 Å². The number of nitrogens with one attached hydrogen (secondary N) is 1. The van der Waals surface area contributed by atoms with Crippen LogP contribution in [0, 0.1) is 11.7 Å². The van der Waals surface area contributed by atoms with E-state index in [1.54, 1.807) is 12.1 Å². The van der Waals surface area contributed by atoms with Gasteiger partial charge in [-0.05, 0) is 37.0 Å². The highest BCUT2D eigenvalue weighted by Crippen LogP contribution is 2.29. The molecule has 1 fully saturated rings. The lowest BCUT2D eigenvalue weighted by Crippen LogP contribution is -2.02. The molecule has 1 nitrogen and oxygen atoms in total. The van der Waals surface area contributed by atoms with E-state index in [0.717, 1.165) is 18.2 Å². The lowest BCUT2D eigenvalue weighted by Gasteiger charge is -2.05. The maximum atomic E-state index is 12.8. The van der Waals surface area contributed by atoms with E-state index >= 15 is 0 Å². The molecule has 1 aliphatic carbocycles. The molecule has 0 saturated heterocycles. The molecule has 2 rings (SSSR count). The van der Waals surface area contributed by atoms with Crippen LogP contribution in [0.5, 0.6) is 0 Å². The third-order valence-electron chi connectivity index (χ3n) is 2.21. The summed E-state index contributed by atoms with van der Waals surface area (Å²) in [4.78, 5) is 0. The summed E-state index contributed by atoms with van der Waals surface area (Å²) in [6, 6.07) is 4.72. The minimum Gasteiger partial charge on any atom is -0.385 e. The Morgan fingerprint density at radius 1 is 1.43 bits per heavy atom. The molecule has 1 aromatic carbocycles. The Balaban J connectivity index is 0.000000980. The quantitative estimate of drug-likeness (QED) is 0.843. The van der Waals surface area contributed by atoms with Crippen molar-refractivity contribution in [2.24, 2.45) is 5.92 Å². The molecule has 0 unspecified atom stereocenters. The van der Waals surface area contributed by atoms with Gasteiger partial charge in [-0.2, -0.15) is 0 Å². The lowest BCUT2D eigenvalue weighted by atomic mass is 10.3. The Morgan fingerprint density at radius 2 is 2.14 bits per heavy atom. The average molecular weight is 236 g/mol. The molecule has 0 heterocycles. The highest BCUT2D eigenvalue weighted by Gasteiger charge is 2.20. The molecule has 0 amide bonds. The minimum atomic E-state index is -0.362. The fourth-order valence-corrected chi connectivity index (χ4v) is 1.37. The summed E-state index contributed by atoms with van der Waals surface area (Å²) in [5.74, 6) is 0.447. The standard InChI is InChI=1S/C10H11ClFN.ClH/c11-9-5-8(3-4-10(9)12)13-6-7-1-2-7;/h3-5,7,13H,1-2,6H2;1H. The van der Waals surface area contributed by atoms with Gasteiger partial charge in [0, 0.05) is 12.2 Å². The molecule has 1 N–H and O–H groups in total. The molecule has 0 bridgehead atoms. The van der Waals surface area contributed by atoms with E-state index in [9.17, 15) is 4.39 Å². The maximum absolute atomic E-state index is 12.8. The molecule has 0 radical (unpaired) electrons. The van der Waals surface area contributed by atoms with Crippen LogP contribution < -0.4 is 5.32 Å². The van der Waals surface area contributed by atoms with Crippen molar-refractivity contribution < 1.29 is 4.39 Å². The summed E-state index contributed by atoms with van der Waals surface area (Å²) >= 11 is 5.63. The van der Waals surface area contributed by atoms with Gasteiger partial charge in [0.2, 0.25) is 0 Å². The van der Waals surface area contributed by atoms with Crippen LogP contribution in [0.25, 0.3) is 0 Å². The number of rotatable bonds is 3. The molecule has 78 valence electrons. The van der Waals surface area contributed by atoms with E-state index in [4.69, 9.17) is 11.6 Å². The van der Waals surface area contributed by atoms with Gasteiger partial charge in [-0.25, -0.2) is 4.39 Å². The summed E-state index contributed by atoms with van der Waals surface area (Å²) in [7, 11) is 0. The van der Waals surface area contributed by atoms with Crippen molar-refractivity contribution in [2.45, 2.75) is 12.8 Å². The Labute approximate surface area is 94.1 Å². The van der Waals surface area contributed by atoms with Crippen molar-refractivity contribution in [3.05, 3.63) is 29.0 Å². The van der Waals surface area contributed by atoms with E-state index < -0.39 is 0 Å². The first-order valence-corrected chi connectivity index (χ1v) is 4.82. The summed E-state index contributed by atoms with van der Waals surface area (Å²) < 4.78 is 12.8. The fourth-order valence-electron chi connectivity index (χ4n) is 1.19. The van der Waals surface area contributed by atoms with E-state index in [1.165, 1.54) is 18.9 Å². The number of hydrogen-bond donors (Lipinski definition) is 1. The first-order chi connectivity index (χ1) is 6.25. The molecule has 1 aromatic rings. The van der Waals surface area contributed by atoms with Crippen molar-refractivity contribution in [1.82, 2.24) is 0 Å². The van der Waals surface area contributed by atoms with E-state index in [0.29, 0.717) is 0 Å². The summed E-state index contributed by atoms with van der Waals surface area (Å²) in [6.07, 6.45) is 2.61. The van der Waals surface area contributed by atoms with E-state index in [2.05, 4.69) is 5.32 Å². The Kier molecular flexibility index (Phi) is 4.02. The second-order valence-corrected chi connectivity index (χ2v) is 3.86. The normalized spacial score (nSPS) is 14.7. The van der Waals surface area contributed by atoms with Crippen LogP contribution in [0.2, 0.25) is 5.02 Å². The monoisotopic (exact) mass is 235 g/mol. The van der Waals surface area contributed by atoms with Crippen molar-refractivity contribution in [3.63, 3.8) is 0 Å². The zero-order valence-corrected chi connectivity index (χ0v) is 9.17. The average Bonchev–Trinajstić information content (AvgIpc) is 2.91. The van der Waals surface area contributed by atoms with Gasteiger partial charge in [0.15, 0.2) is 0 Å². The maximum Gasteiger partial charge on any atom is 0.141 e. The smallest absolute Gasteiger partial charge is 0.141 e. The SMILES string of the molecule is Cl.Fc1ccc(NCC2CC2)cc1Cl. The number of hydrogen-bond acceptors (Lipinski definition) is 1. The zero-order valence-electron chi connectivity index (χ0n) is 7.59. The molecule has 0 aliphatic heterocycles. The number of halogens is 3. The molecular weight excluding hydrogens is 224 g/mol. The minimum absolute atomic E-state index is 0. The molecule has 0 atom stereocenters. The van der Waals surface area contributed by atoms with Gasteiger partial charge in [-0.3, -0.25) is 0 Å². The molecular formula is C10H12Cl2FN. The van der Waals surface area contributed by atoms with Crippen LogP contribution >= 0.6 is 24.0 Å². The van der Waals surface area contributed by atoms with Crippen molar-refractivity contribution >= 4 is 29.7 Å². The van der Waals surface area contributed by atoms with Crippen LogP contribution in [-0.2, 0) is 0 Å². The number of anilines is 1. The predicted octanol–water partition coefficient (Wildman–Crippen LogP) is 3.72. The first-order valence-electron chi connectivity index (χ1n) is 4.44. The van der Waals surface area contributed by atoms with Crippen molar-refractivity contribution in [2.75, 3.05) is 11.9 Å². The van der Waals surface area contributed by atoms with Crippen molar-refractivity contribution in [1.29, 1.82) is 0 Å². The predicted molar refractivity (Wildman–Crippen MR) is 59.9 cm³/mol. The fraction of sp³-hybridized carbons (Fsp3) is 0.400. The van der Waals surface area contributed by atoms with Crippen LogP contribution in [0.3, 0.4) is 0 Å². The van der Waals surface area contributed by atoms with Gasteiger partial charge in [-0.1, -0.05) is 11.6 Å². The van der Waals surface area contributed by atoms with E-state index in [1.807, 2.05) is 0 Å². The Hall–Kier alpha value is -0.470. The highest BCUT2D eigenvalue weighted by atomic mass is 35.5. The third kappa shape index (κ3) is 3.03. The van der Waals surface area contributed by atoms with Gasteiger partial charge < -0.3 is 5.32 Å². The zero-order chi connectivity index (χ0) is 9.26. The van der Waals surface area contributed by atoms with Gasteiger partial charge >= 0.3 is 0 Å². The second kappa shape index (κ2) is 4.85. The second-order valence-electron chi connectivity index (χ2n) is 3.45. The van der Waals surface area contributed by atoms with Crippen LogP contribution in [0.4, 0.5) is 10.1 Å². The molecule has 14 heavy (non-hydrogen) atoms. The molecule has 0 spiro atoms. The largest absolute Gasteiger partial charge is 0.385 e. The van der Waals surface area contributed by atoms with Crippen molar-refractivity contribution in [3.8, 4) is 0 Å². The molecule has 1 saturated carbocycles. The molecule has 0 aromatic heterocycles. The first kappa shape index (κ1) is 11.6. The summed E-state index contributed by atoms with van der Waals surface area (Å²) in [5, 5.41) is 3.40. The third-order valence-corrected chi connectivity index (χ3v) is 2.50. The summed E-state index contributed by atoms with van der Waals surface area (Å²) in [6.45, 7) is 0.974. The van der Waals surface area contributed by atoms with Crippen LogP contribution in [0.1, 0.15) is 12.8 Å². The number of benzene rings is 1. The Bertz CT molecular complexity index is 313. The molecule has 4 heteroatoms. The van der Waals surface area contributed by atoms with Gasteiger partial charge in [-0.15, -0.1) is 12.4 Å². The van der Waals surface area contributed by atoms with Crippen LogP contribution in [0.15, 0.2) is 18.2 Å². The molecule has 1 aliphatic rings. The Morgan fingerprint density at radius 3 is 2.71 bits per heavy atom. The van der Waals surface area contributed by atoms with Gasteiger partial charge in [0.1, 0.15) is 5.82 Å². The highest BCUT2D eigenvalue weighted by molar-refractivity contribution is 6.31.